The molecule has 2 N–H and O–H groups in total. The molecule has 0 unspecified atom stereocenters. The standard InChI is InChI=1S/C18H21ClN4O3/c19-13-3-1-12(2-4-13)9-18(5-6-18)21-17(26)22-7-8-23-14(11-22)16(25)20-10-15(23)24/h1-4,14H,5-11H2,(H,20,25)(H,21,26)/t14-/m0/s1. The number of hydrogen-bond acceptors (Lipinski definition) is 3. The van der Waals surface area contributed by atoms with E-state index in [1.54, 1.807) is 9.80 Å². The first-order valence-corrected chi connectivity index (χ1v) is 9.22. The normalized spacial score (nSPS) is 24.0. The lowest BCUT2D eigenvalue weighted by Crippen LogP contribution is -2.67. The van der Waals surface area contributed by atoms with Crippen LogP contribution in [0.2, 0.25) is 5.02 Å². The largest absolute Gasteiger partial charge is 0.345 e. The highest BCUT2D eigenvalue weighted by Gasteiger charge is 2.46. The Kier molecular flexibility index (Phi) is 4.26. The van der Waals surface area contributed by atoms with Gasteiger partial charge in [-0.1, -0.05) is 23.7 Å². The van der Waals surface area contributed by atoms with E-state index in [0.717, 1.165) is 24.8 Å². The van der Waals surface area contributed by atoms with Crippen LogP contribution in [-0.2, 0) is 16.0 Å². The van der Waals surface area contributed by atoms with Gasteiger partial charge in [0.05, 0.1) is 13.1 Å². The monoisotopic (exact) mass is 376 g/mol. The molecule has 7 nitrogen and oxygen atoms in total. The maximum absolute atomic E-state index is 12.7. The summed E-state index contributed by atoms with van der Waals surface area (Å²) in [6, 6.07) is 6.92. The van der Waals surface area contributed by atoms with Crippen molar-refractivity contribution in [2.75, 3.05) is 26.2 Å². The number of nitrogens with one attached hydrogen (secondary N) is 2. The number of rotatable bonds is 3. The predicted molar refractivity (Wildman–Crippen MR) is 95.7 cm³/mol. The van der Waals surface area contributed by atoms with Gasteiger partial charge in [0.2, 0.25) is 11.8 Å². The fourth-order valence-corrected chi connectivity index (χ4v) is 3.79. The van der Waals surface area contributed by atoms with Gasteiger partial charge in [0, 0.05) is 23.7 Å². The summed E-state index contributed by atoms with van der Waals surface area (Å²) >= 11 is 5.93. The second kappa shape index (κ2) is 6.46. The van der Waals surface area contributed by atoms with E-state index in [9.17, 15) is 14.4 Å². The minimum atomic E-state index is -0.581. The van der Waals surface area contributed by atoms with Gasteiger partial charge >= 0.3 is 6.03 Å². The van der Waals surface area contributed by atoms with E-state index >= 15 is 0 Å². The molecule has 0 radical (unpaired) electrons. The number of hydrogen-bond donors (Lipinski definition) is 2. The van der Waals surface area contributed by atoms with E-state index < -0.39 is 6.04 Å². The average Bonchev–Trinajstić information content (AvgIpc) is 3.39. The summed E-state index contributed by atoms with van der Waals surface area (Å²) in [6.07, 6.45) is 2.63. The number of carbonyl (C=O) groups excluding carboxylic acids is 3. The molecule has 8 heteroatoms. The van der Waals surface area contributed by atoms with E-state index in [4.69, 9.17) is 11.6 Å². The lowest BCUT2D eigenvalue weighted by atomic mass is 10.0. The van der Waals surface area contributed by atoms with Crippen molar-refractivity contribution in [3.63, 3.8) is 0 Å². The smallest absolute Gasteiger partial charge is 0.317 e. The molecule has 3 aliphatic rings. The SMILES string of the molecule is O=C1NCC(=O)N2CCN(C(=O)NC3(Cc4ccc(Cl)cc4)CC3)C[C@@H]12. The van der Waals surface area contributed by atoms with E-state index in [1.165, 1.54) is 0 Å². The molecular weight excluding hydrogens is 356 g/mol. The van der Waals surface area contributed by atoms with Gasteiger partial charge in [-0.05, 0) is 37.0 Å². The Morgan fingerprint density at radius 1 is 1.23 bits per heavy atom. The third-order valence-corrected chi connectivity index (χ3v) is 5.64. The molecule has 138 valence electrons. The first kappa shape index (κ1) is 17.1. The number of urea groups is 1. The molecule has 0 aromatic heterocycles. The predicted octanol–water partition coefficient (Wildman–Crippen LogP) is 0.767. The van der Waals surface area contributed by atoms with Crippen LogP contribution in [0.25, 0.3) is 0 Å². The zero-order valence-corrected chi connectivity index (χ0v) is 15.1. The molecule has 26 heavy (non-hydrogen) atoms. The minimum Gasteiger partial charge on any atom is -0.345 e. The molecule has 2 heterocycles. The molecule has 4 rings (SSSR count). The van der Waals surface area contributed by atoms with E-state index in [-0.39, 0.29) is 36.5 Å². The lowest BCUT2D eigenvalue weighted by molar-refractivity contribution is -0.148. The number of piperazine rings is 2. The maximum atomic E-state index is 12.7. The van der Waals surface area contributed by atoms with Gasteiger partial charge in [-0.25, -0.2) is 4.79 Å². The summed E-state index contributed by atoms with van der Waals surface area (Å²) in [6.45, 7) is 1.12. The Labute approximate surface area is 156 Å². The third-order valence-electron chi connectivity index (χ3n) is 5.39. The van der Waals surface area contributed by atoms with Crippen LogP contribution in [0.5, 0.6) is 0 Å². The number of benzene rings is 1. The van der Waals surface area contributed by atoms with Crippen molar-refractivity contribution in [3.05, 3.63) is 34.9 Å². The van der Waals surface area contributed by atoms with Crippen molar-refractivity contribution in [2.24, 2.45) is 0 Å². The number of amides is 4. The summed E-state index contributed by atoms with van der Waals surface area (Å²) in [5.41, 5.74) is 0.918. The van der Waals surface area contributed by atoms with Crippen LogP contribution >= 0.6 is 11.6 Å². The fraction of sp³-hybridized carbons (Fsp3) is 0.500. The van der Waals surface area contributed by atoms with E-state index in [1.807, 2.05) is 24.3 Å². The van der Waals surface area contributed by atoms with Crippen LogP contribution in [0.1, 0.15) is 18.4 Å². The molecular formula is C18H21ClN4O3. The zero-order valence-electron chi connectivity index (χ0n) is 14.3. The highest BCUT2D eigenvalue weighted by Crippen LogP contribution is 2.39. The van der Waals surface area contributed by atoms with Crippen LogP contribution in [0, 0.1) is 0 Å². The Morgan fingerprint density at radius 3 is 2.65 bits per heavy atom. The highest BCUT2D eigenvalue weighted by molar-refractivity contribution is 6.30. The van der Waals surface area contributed by atoms with Crippen molar-refractivity contribution in [3.8, 4) is 0 Å². The van der Waals surface area contributed by atoms with Crippen LogP contribution in [0.3, 0.4) is 0 Å². The van der Waals surface area contributed by atoms with Crippen LogP contribution in [-0.4, -0.2) is 65.4 Å². The van der Waals surface area contributed by atoms with Gasteiger partial charge in [0.25, 0.3) is 0 Å². The molecule has 0 spiro atoms. The van der Waals surface area contributed by atoms with E-state index in [2.05, 4.69) is 10.6 Å². The molecule has 1 saturated carbocycles. The van der Waals surface area contributed by atoms with Gasteiger partial charge in [0.15, 0.2) is 0 Å². The third kappa shape index (κ3) is 3.35. The summed E-state index contributed by atoms with van der Waals surface area (Å²) in [5, 5.41) is 6.42. The van der Waals surface area contributed by atoms with Crippen LogP contribution in [0.4, 0.5) is 4.79 Å². The summed E-state index contributed by atoms with van der Waals surface area (Å²) in [5.74, 6) is -0.277. The van der Waals surface area contributed by atoms with Crippen molar-refractivity contribution in [1.29, 1.82) is 0 Å². The molecule has 1 atom stereocenters. The second-order valence-corrected chi connectivity index (χ2v) is 7.72. The zero-order chi connectivity index (χ0) is 18.3. The van der Waals surface area contributed by atoms with Crippen molar-refractivity contribution < 1.29 is 14.4 Å². The van der Waals surface area contributed by atoms with Gasteiger partial charge in [-0.15, -0.1) is 0 Å². The number of halogens is 1. The molecule has 1 aromatic rings. The lowest BCUT2D eigenvalue weighted by Gasteiger charge is -2.43. The minimum absolute atomic E-state index is 0.0474. The highest BCUT2D eigenvalue weighted by atomic mass is 35.5. The fourth-order valence-electron chi connectivity index (χ4n) is 3.67. The van der Waals surface area contributed by atoms with Crippen molar-refractivity contribution >= 4 is 29.4 Å². The first-order chi connectivity index (χ1) is 12.5. The molecule has 0 bridgehead atoms. The summed E-state index contributed by atoms with van der Waals surface area (Å²) in [4.78, 5) is 39.9. The molecule has 2 saturated heterocycles. The van der Waals surface area contributed by atoms with Gasteiger partial charge in [-0.2, -0.15) is 0 Å². The Morgan fingerprint density at radius 2 is 1.96 bits per heavy atom. The topological polar surface area (TPSA) is 81.8 Å². The van der Waals surface area contributed by atoms with Gasteiger partial charge in [0.1, 0.15) is 6.04 Å². The van der Waals surface area contributed by atoms with Gasteiger partial charge in [-0.3, -0.25) is 9.59 Å². The number of fused-ring (bicyclic) bond motifs is 1. The quantitative estimate of drug-likeness (QED) is 0.817. The molecule has 3 fully saturated rings. The van der Waals surface area contributed by atoms with Crippen molar-refractivity contribution in [1.82, 2.24) is 20.4 Å². The number of nitrogens with zero attached hydrogens (tertiary/aromatic N) is 2. The Balaban J connectivity index is 1.38. The maximum Gasteiger partial charge on any atom is 0.317 e. The molecule has 1 aromatic carbocycles. The average molecular weight is 377 g/mol. The van der Waals surface area contributed by atoms with Crippen molar-refractivity contribution in [2.45, 2.75) is 30.8 Å². The summed E-state index contributed by atoms with van der Waals surface area (Å²) < 4.78 is 0. The molecule has 2 aliphatic heterocycles. The van der Waals surface area contributed by atoms with Crippen LogP contribution in [0.15, 0.2) is 24.3 Å². The second-order valence-electron chi connectivity index (χ2n) is 7.28. The van der Waals surface area contributed by atoms with Gasteiger partial charge < -0.3 is 20.4 Å². The van der Waals surface area contributed by atoms with Crippen LogP contribution < -0.4 is 10.6 Å². The first-order valence-electron chi connectivity index (χ1n) is 8.85. The Hall–Kier alpha value is -2.28. The van der Waals surface area contributed by atoms with E-state index in [0.29, 0.717) is 18.1 Å². The molecule has 1 aliphatic carbocycles. The number of carbonyl (C=O) groups is 3. The summed E-state index contributed by atoms with van der Waals surface area (Å²) in [7, 11) is 0. The Bertz CT molecular complexity index is 747. The molecule has 4 amide bonds.